The van der Waals surface area contributed by atoms with Gasteiger partial charge in [0.15, 0.2) is 7.37 Å². The lowest BCUT2D eigenvalue weighted by Crippen LogP contribution is -2.20. The maximum atomic E-state index is 13.7. The van der Waals surface area contributed by atoms with Gasteiger partial charge in [-0.15, -0.1) is 0 Å². The highest BCUT2D eigenvalue weighted by Gasteiger charge is 2.39. The van der Waals surface area contributed by atoms with Gasteiger partial charge in [0.05, 0.1) is 18.3 Å². The van der Waals surface area contributed by atoms with Crippen LogP contribution in [0.2, 0.25) is 0 Å². The smallest absolute Gasteiger partial charge is 0.197 e. The molecule has 1 aromatic carbocycles. The molecule has 1 aliphatic rings. The van der Waals surface area contributed by atoms with Gasteiger partial charge in [-0.3, -0.25) is 4.57 Å². The second kappa shape index (κ2) is 11.9. The largest absolute Gasteiger partial charge is 0.393 e. The minimum absolute atomic E-state index is 0.151. The monoisotopic (exact) mass is 440 g/mol. The first kappa shape index (κ1) is 25.0. The van der Waals surface area contributed by atoms with Gasteiger partial charge in [0.1, 0.15) is 5.82 Å². The van der Waals surface area contributed by atoms with Gasteiger partial charge in [0, 0.05) is 25.2 Å². The minimum atomic E-state index is -2.97. The predicted octanol–water partition coefficient (Wildman–Crippen LogP) is 3.66. The zero-order valence-corrected chi connectivity index (χ0v) is 18.4. The average molecular weight is 440 g/mol. The van der Waals surface area contributed by atoms with Crippen LogP contribution in [-0.2, 0) is 11.0 Å². The number of aryl methyl sites for hydroxylation is 1. The van der Waals surface area contributed by atoms with E-state index in [1.165, 1.54) is 12.7 Å². The van der Waals surface area contributed by atoms with E-state index in [4.69, 9.17) is 0 Å². The van der Waals surface area contributed by atoms with Crippen LogP contribution in [0, 0.1) is 17.7 Å². The van der Waals surface area contributed by atoms with Gasteiger partial charge < -0.3 is 20.2 Å². The first-order valence-electron chi connectivity index (χ1n) is 10.6. The zero-order valence-electron chi connectivity index (χ0n) is 17.5. The Hall–Kier alpha value is -1.30. The number of aliphatic hydroxyl groups is 3. The SMILES string of the molecule is CP(=O)(O)CCC/C=C/C[C@@H]1[C@@H](/C=C/C(O)CCc2ccccc2F)[C@H](O)C[C@@H]1O. The number of hydrogen-bond donors (Lipinski definition) is 4. The highest BCUT2D eigenvalue weighted by atomic mass is 31.2. The Labute approximate surface area is 178 Å². The van der Waals surface area contributed by atoms with E-state index in [0.29, 0.717) is 44.1 Å². The molecule has 1 aromatic rings. The van der Waals surface area contributed by atoms with Crippen molar-refractivity contribution in [1.29, 1.82) is 0 Å². The molecule has 168 valence electrons. The van der Waals surface area contributed by atoms with Crippen LogP contribution in [0.4, 0.5) is 4.39 Å². The van der Waals surface area contributed by atoms with Crippen molar-refractivity contribution in [1.82, 2.24) is 0 Å². The lowest BCUT2D eigenvalue weighted by Gasteiger charge is -2.19. The summed E-state index contributed by atoms with van der Waals surface area (Å²) in [7, 11) is -2.97. The Morgan fingerprint density at radius 2 is 1.97 bits per heavy atom. The molecule has 1 saturated carbocycles. The summed E-state index contributed by atoms with van der Waals surface area (Å²) in [4.78, 5) is 9.29. The van der Waals surface area contributed by atoms with Crippen LogP contribution in [-0.4, -0.2) is 51.4 Å². The summed E-state index contributed by atoms with van der Waals surface area (Å²) < 4.78 is 25.0. The van der Waals surface area contributed by atoms with Crippen molar-refractivity contribution in [3.8, 4) is 0 Å². The Kier molecular flexibility index (Phi) is 9.92. The number of rotatable bonds is 11. The number of unbranched alkanes of at least 4 members (excludes halogenated alkanes) is 1. The fourth-order valence-corrected chi connectivity index (χ4v) is 4.71. The molecule has 7 heteroatoms. The molecule has 0 aliphatic heterocycles. The molecular weight excluding hydrogens is 406 g/mol. The third kappa shape index (κ3) is 8.44. The van der Waals surface area contributed by atoms with Crippen molar-refractivity contribution >= 4 is 7.37 Å². The van der Waals surface area contributed by atoms with Crippen LogP contribution in [0.1, 0.15) is 37.7 Å². The van der Waals surface area contributed by atoms with E-state index in [-0.39, 0.29) is 23.8 Å². The van der Waals surface area contributed by atoms with E-state index >= 15 is 0 Å². The van der Waals surface area contributed by atoms with Crippen molar-refractivity contribution in [3.63, 3.8) is 0 Å². The molecule has 4 N–H and O–H groups in total. The molecule has 0 radical (unpaired) electrons. The Bertz CT molecular complexity index is 760. The van der Waals surface area contributed by atoms with Gasteiger partial charge in [-0.05, 0) is 49.7 Å². The van der Waals surface area contributed by atoms with E-state index in [2.05, 4.69) is 0 Å². The van der Waals surface area contributed by atoms with Gasteiger partial charge in [-0.25, -0.2) is 4.39 Å². The average Bonchev–Trinajstić information content (AvgIpc) is 2.94. The molecule has 2 unspecified atom stereocenters. The molecule has 0 heterocycles. The van der Waals surface area contributed by atoms with Crippen molar-refractivity contribution in [3.05, 3.63) is 60.0 Å². The van der Waals surface area contributed by atoms with Gasteiger partial charge >= 0.3 is 0 Å². The second-order valence-corrected chi connectivity index (χ2v) is 10.9. The zero-order chi connectivity index (χ0) is 22.1. The van der Waals surface area contributed by atoms with Crippen LogP contribution >= 0.6 is 7.37 Å². The Morgan fingerprint density at radius 1 is 1.23 bits per heavy atom. The van der Waals surface area contributed by atoms with Crippen molar-refractivity contribution < 1.29 is 29.2 Å². The van der Waals surface area contributed by atoms with Crippen LogP contribution in [0.25, 0.3) is 0 Å². The normalized spacial score (nSPS) is 27.7. The number of benzene rings is 1. The summed E-state index contributed by atoms with van der Waals surface area (Å²) in [6.45, 7) is 1.36. The van der Waals surface area contributed by atoms with Gasteiger partial charge in [-0.2, -0.15) is 0 Å². The fourth-order valence-electron chi connectivity index (χ4n) is 3.94. The lowest BCUT2D eigenvalue weighted by atomic mass is 9.89. The fraction of sp³-hybridized carbons (Fsp3) is 0.565. The van der Waals surface area contributed by atoms with E-state index in [1.54, 1.807) is 30.4 Å². The minimum Gasteiger partial charge on any atom is -0.393 e. The first-order valence-corrected chi connectivity index (χ1v) is 12.9. The van der Waals surface area contributed by atoms with Crippen molar-refractivity contribution in [2.24, 2.45) is 11.8 Å². The quantitative estimate of drug-likeness (QED) is 0.239. The molecule has 0 amide bonds. The Morgan fingerprint density at radius 3 is 2.67 bits per heavy atom. The molecular formula is C23H34FO5P. The van der Waals surface area contributed by atoms with E-state index < -0.39 is 25.7 Å². The number of allylic oxidation sites excluding steroid dienone is 2. The van der Waals surface area contributed by atoms with Gasteiger partial charge in [0.2, 0.25) is 0 Å². The summed E-state index contributed by atoms with van der Waals surface area (Å²) in [5.41, 5.74) is 0.560. The van der Waals surface area contributed by atoms with Crippen LogP contribution in [0.5, 0.6) is 0 Å². The van der Waals surface area contributed by atoms with E-state index in [1.807, 2.05) is 12.2 Å². The number of aliphatic hydroxyl groups excluding tert-OH is 3. The maximum absolute atomic E-state index is 13.7. The molecule has 30 heavy (non-hydrogen) atoms. The molecule has 2 rings (SSSR count). The van der Waals surface area contributed by atoms with Crippen molar-refractivity contribution in [2.75, 3.05) is 12.8 Å². The van der Waals surface area contributed by atoms with Crippen molar-refractivity contribution in [2.45, 2.75) is 56.8 Å². The van der Waals surface area contributed by atoms with Gasteiger partial charge in [0.25, 0.3) is 0 Å². The lowest BCUT2D eigenvalue weighted by molar-refractivity contribution is 0.120. The molecule has 0 saturated heterocycles. The molecule has 1 fully saturated rings. The third-order valence-electron chi connectivity index (χ3n) is 5.66. The summed E-state index contributed by atoms with van der Waals surface area (Å²) in [5.74, 6) is -0.696. The van der Waals surface area contributed by atoms with E-state index in [9.17, 15) is 29.2 Å². The van der Waals surface area contributed by atoms with Crippen LogP contribution in [0.3, 0.4) is 0 Å². The topological polar surface area (TPSA) is 98.0 Å². The number of hydrogen-bond acceptors (Lipinski definition) is 4. The van der Waals surface area contributed by atoms with Crippen LogP contribution in [0.15, 0.2) is 48.6 Å². The summed E-state index contributed by atoms with van der Waals surface area (Å²) >= 11 is 0. The summed E-state index contributed by atoms with van der Waals surface area (Å²) in [6.07, 6.45) is 8.52. The summed E-state index contributed by atoms with van der Waals surface area (Å²) in [5, 5.41) is 30.8. The highest BCUT2D eigenvalue weighted by molar-refractivity contribution is 7.57. The molecule has 0 bridgehead atoms. The second-order valence-electron chi connectivity index (χ2n) is 8.32. The third-order valence-corrected chi connectivity index (χ3v) is 6.80. The van der Waals surface area contributed by atoms with Gasteiger partial charge in [-0.1, -0.05) is 42.5 Å². The highest BCUT2D eigenvalue weighted by Crippen LogP contribution is 2.37. The summed E-state index contributed by atoms with van der Waals surface area (Å²) in [6, 6.07) is 6.49. The molecule has 0 spiro atoms. The first-order chi connectivity index (χ1) is 14.2. The van der Waals surface area contributed by atoms with Crippen LogP contribution < -0.4 is 0 Å². The maximum Gasteiger partial charge on any atom is 0.197 e. The number of halogens is 1. The molecule has 5 nitrogen and oxygen atoms in total. The van der Waals surface area contributed by atoms with E-state index in [0.717, 1.165) is 0 Å². The standard InChI is InChI=1S/C23H34FO5P/c1-30(28,29)15-7-3-2-4-9-19-20(23(27)16-22(19)26)14-13-18(25)12-11-17-8-5-6-10-21(17)24/h2,4-6,8,10,13-14,18-20,22-23,25-27H,3,7,9,11-12,15-16H2,1H3,(H,28,29)/b4-2+,14-13+/t18?,19-,20-,22+,23-/m1/s1. The Balaban J connectivity index is 1.84. The molecule has 6 atom stereocenters. The molecule has 1 aliphatic carbocycles. The predicted molar refractivity (Wildman–Crippen MR) is 117 cm³/mol. The molecule has 0 aromatic heterocycles.